The third kappa shape index (κ3) is 6.55. The van der Waals surface area contributed by atoms with E-state index in [2.05, 4.69) is 234 Å². The average Bonchev–Trinajstić information content (AvgIpc) is 3.94. The van der Waals surface area contributed by atoms with Crippen LogP contribution in [-0.4, -0.2) is 24.1 Å². The van der Waals surface area contributed by atoms with Gasteiger partial charge in [0.25, 0.3) is 0 Å². The lowest BCUT2D eigenvalue weighted by Gasteiger charge is -2.15. The Balaban J connectivity index is 1.08. The molecular formula is C59H39N5. The van der Waals surface area contributed by atoms with Crippen LogP contribution in [0.15, 0.2) is 237 Å². The van der Waals surface area contributed by atoms with Crippen LogP contribution in [-0.2, 0) is 0 Å². The van der Waals surface area contributed by atoms with Gasteiger partial charge in [-0.2, -0.15) is 0 Å². The van der Waals surface area contributed by atoms with Crippen molar-refractivity contribution < 1.29 is 0 Å². The molecule has 0 aliphatic carbocycles. The largest absolute Gasteiger partial charge is 0.307 e. The monoisotopic (exact) mass is 817 g/mol. The first kappa shape index (κ1) is 37.1. The van der Waals surface area contributed by atoms with Crippen molar-refractivity contribution in [3.8, 4) is 79.0 Å². The molecule has 0 atom stereocenters. The molecule has 0 spiro atoms. The zero-order chi connectivity index (χ0) is 42.4. The maximum Gasteiger partial charge on any atom is 0.164 e. The topological polar surface area (TPSA) is 48.5 Å². The number of fused-ring (bicyclic) bond motifs is 5. The van der Waals surface area contributed by atoms with E-state index >= 15 is 0 Å². The molecule has 0 aliphatic rings. The molecule has 9 aromatic carbocycles. The third-order valence-electron chi connectivity index (χ3n) is 12.1. The van der Waals surface area contributed by atoms with Crippen LogP contribution in [0.3, 0.4) is 0 Å². The number of aromatic nitrogens is 5. The Morgan fingerprint density at radius 1 is 0.266 bits per heavy atom. The second-order valence-electron chi connectivity index (χ2n) is 16.1. The minimum atomic E-state index is 0.599. The van der Waals surface area contributed by atoms with E-state index in [1.807, 2.05) is 12.1 Å². The van der Waals surface area contributed by atoms with Gasteiger partial charge >= 0.3 is 0 Å². The molecule has 0 aliphatic heterocycles. The van der Waals surface area contributed by atoms with E-state index in [0.717, 1.165) is 83.5 Å². The number of hydrogen-bond donors (Lipinski definition) is 0. The SMILES string of the molecule is c1ccc(-c2cccc(-c3nc(-c4cccc(-c5ccccc5)c4)nc(-c4cccc(-n5c6ccccc6c6ccc7cc(-c8ccccc8)n(-c8ccccc8)c7c65)c4)n3)c2)cc1. The molecule has 12 aromatic rings. The normalized spacial score (nSPS) is 11.4. The maximum absolute atomic E-state index is 5.27. The highest BCUT2D eigenvalue weighted by molar-refractivity contribution is 6.19. The van der Waals surface area contributed by atoms with Crippen molar-refractivity contribution in [2.24, 2.45) is 0 Å². The van der Waals surface area contributed by atoms with E-state index in [0.29, 0.717) is 17.5 Å². The highest BCUT2D eigenvalue weighted by Crippen LogP contribution is 2.41. The smallest absolute Gasteiger partial charge is 0.164 e. The Morgan fingerprint density at radius 3 is 1.31 bits per heavy atom. The highest BCUT2D eigenvalue weighted by atomic mass is 15.1. The summed E-state index contributed by atoms with van der Waals surface area (Å²) in [5.74, 6) is 1.82. The molecule has 0 radical (unpaired) electrons. The quantitative estimate of drug-likeness (QED) is 0.153. The lowest BCUT2D eigenvalue weighted by molar-refractivity contribution is 1.07. The summed E-state index contributed by atoms with van der Waals surface area (Å²) in [5.41, 5.74) is 15.0. The van der Waals surface area contributed by atoms with Crippen LogP contribution in [0.2, 0.25) is 0 Å². The molecule has 300 valence electrons. The van der Waals surface area contributed by atoms with E-state index in [-0.39, 0.29) is 0 Å². The van der Waals surface area contributed by atoms with Crippen LogP contribution in [0.1, 0.15) is 0 Å². The van der Waals surface area contributed by atoms with E-state index in [1.165, 1.54) is 10.8 Å². The summed E-state index contributed by atoms with van der Waals surface area (Å²) in [5, 5.41) is 3.54. The van der Waals surface area contributed by atoms with E-state index < -0.39 is 0 Å². The Kier molecular flexibility index (Phi) is 9.08. The fraction of sp³-hybridized carbons (Fsp3) is 0. The maximum atomic E-state index is 5.27. The number of rotatable bonds is 8. The fourth-order valence-corrected chi connectivity index (χ4v) is 9.16. The molecule has 0 N–H and O–H groups in total. The molecule has 3 heterocycles. The Morgan fingerprint density at radius 2 is 0.719 bits per heavy atom. The lowest BCUT2D eigenvalue weighted by Crippen LogP contribution is -2.02. The zero-order valence-electron chi connectivity index (χ0n) is 34.8. The van der Waals surface area contributed by atoms with Crippen molar-refractivity contribution >= 4 is 32.7 Å². The van der Waals surface area contributed by atoms with Gasteiger partial charge in [0.05, 0.1) is 22.2 Å². The summed E-state index contributed by atoms with van der Waals surface area (Å²) < 4.78 is 4.84. The van der Waals surface area contributed by atoms with Gasteiger partial charge < -0.3 is 9.13 Å². The van der Waals surface area contributed by atoms with Crippen LogP contribution in [0.25, 0.3) is 112 Å². The zero-order valence-corrected chi connectivity index (χ0v) is 34.8. The molecule has 0 fully saturated rings. The fourth-order valence-electron chi connectivity index (χ4n) is 9.16. The number of hydrogen-bond acceptors (Lipinski definition) is 3. The van der Waals surface area contributed by atoms with Crippen molar-refractivity contribution in [1.82, 2.24) is 24.1 Å². The van der Waals surface area contributed by atoms with Gasteiger partial charge in [0.2, 0.25) is 0 Å². The van der Waals surface area contributed by atoms with Crippen LogP contribution >= 0.6 is 0 Å². The van der Waals surface area contributed by atoms with Crippen molar-refractivity contribution in [2.75, 3.05) is 0 Å². The van der Waals surface area contributed by atoms with Crippen molar-refractivity contribution in [2.45, 2.75) is 0 Å². The lowest BCUT2D eigenvalue weighted by atomic mass is 10.0. The van der Waals surface area contributed by atoms with Gasteiger partial charge in [-0.1, -0.05) is 188 Å². The van der Waals surface area contributed by atoms with E-state index in [1.54, 1.807) is 0 Å². The molecule has 12 rings (SSSR count). The first-order valence-corrected chi connectivity index (χ1v) is 21.6. The standard InChI is InChI=1S/C59H39N5/c1-5-18-40(19-6-1)43-24-15-26-46(36-43)57-60-58(47-27-16-25-44(37-47)41-20-7-2-8-21-41)62-59(61-57)48-28-17-31-50(38-48)64-53-33-14-13-32-51(53)52-35-34-45-39-54(42-22-9-3-10-23-42)63(55(45)56(52)64)49-29-11-4-12-30-49/h1-39H. The van der Waals surface area contributed by atoms with E-state index in [9.17, 15) is 0 Å². The molecule has 0 bridgehead atoms. The van der Waals surface area contributed by atoms with Crippen molar-refractivity contribution in [1.29, 1.82) is 0 Å². The predicted molar refractivity (Wildman–Crippen MR) is 264 cm³/mol. The van der Waals surface area contributed by atoms with Crippen LogP contribution in [0.5, 0.6) is 0 Å². The van der Waals surface area contributed by atoms with E-state index in [4.69, 9.17) is 15.0 Å². The number of benzene rings is 9. The molecular weight excluding hydrogens is 779 g/mol. The third-order valence-corrected chi connectivity index (χ3v) is 12.1. The molecule has 0 amide bonds. The van der Waals surface area contributed by atoms with Gasteiger partial charge in [-0.25, -0.2) is 15.0 Å². The van der Waals surface area contributed by atoms with Gasteiger partial charge in [0, 0.05) is 44.2 Å². The first-order chi connectivity index (χ1) is 31.7. The minimum absolute atomic E-state index is 0.599. The van der Waals surface area contributed by atoms with Crippen molar-refractivity contribution in [3.63, 3.8) is 0 Å². The van der Waals surface area contributed by atoms with Gasteiger partial charge in [-0.05, 0) is 76.3 Å². The summed E-state index contributed by atoms with van der Waals surface area (Å²) in [6, 6.07) is 83.4. The summed E-state index contributed by atoms with van der Waals surface area (Å²) in [7, 11) is 0. The summed E-state index contributed by atoms with van der Waals surface area (Å²) >= 11 is 0. The molecule has 0 saturated carbocycles. The van der Waals surface area contributed by atoms with Crippen molar-refractivity contribution in [3.05, 3.63) is 237 Å². The van der Waals surface area contributed by atoms with Crippen LogP contribution < -0.4 is 0 Å². The Hall–Kier alpha value is -8.67. The molecule has 0 unspecified atom stereocenters. The second kappa shape index (κ2) is 15.7. The number of para-hydroxylation sites is 2. The van der Waals surface area contributed by atoms with Crippen LogP contribution in [0.4, 0.5) is 0 Å². The number of nitrogens with zero attached hydrogens (tertiary/aromatic N) is 5. The second-order valence-corrected chi connectivity index (χ2v) is 16.1. The van der Waals surface area contributed by atoms with Gasteiger partial charge in [0.1, 0.15) is 0 Å². The average molecular weight is 818 g/mol. The Labute approximate surface area is 370 Å². The van der Waals surface area contributed by atoms with Crippen LogP contribution in [0, 0.1) is 0 Å². The summed E-state index contributed by atoms with van der Waals surface area (Å²) in [4.78, 5) is 15.7. The predicted octanol–water partition coefficient (Wildman–Crippen LogP) is 14.9. The van der Waals surface area contributed by atoms with Gasteiger partial charge in [0.15, 0.2) is 17.5 Å². The first-order valence-electron chi connectivity index (χ1n) is 21.6. The molecule has 64 heavy (non-hydrogen) atoms. The molecule has 5 heteroatoms. The summed E-state index contributed by atoms with van der Waals surface area (Å²) in [6.45, 7) is 0. The van der Waals surface area contributed by atoms with Gasteiger partial charge in [-0.3, -0.25) is 0 Å². The summed E-state index contributed by atoms with van der Waals surface area (Å²) in [6.07, 6.45) is 0. The molecule has 3 aromatic heterocycles. The highest BCUT2D eigenvalue weighted by Gasteiger charge is 2.22. The molecule has 5 nitrogen and oxygen atoms in total. The van der Waals surface area contributed by atoms with Gasteiger partial charge in [-0.15, -0.1) is 0 Å². The minimum Gasteiger partial charge on any atom is -0.307 e. The Bertz CT molecular complexity index is 3550. The molecule has 0 saturated heterocycles.